The molecule has 1 aromatic heterocycles. The SMILES string of the molecule is C=C/C=C(\C=C)Oc1c(C(=O)NC(/C=C/SC)C2CC2)sc(C(C)(F)F)c1F. The fourth-order valence-corrected chi connectivity index (χ4v) is 3.72. The number of nitrogens with one attached hydrogen (secondary N) is 1. The number of ether oxygens (including phenoxy) is 1. The van der Waals surface area contributed by atoms with E-state index >= 15 is 0 Å². The summed E-state index contributed by atoms with van der Waals surface area (Å²) in [7, 11) is 0. The molecule has 1 amide bonds. The zero-order valence-electron chi connectivity index (χ0n) is 15.6. The third-order valence-electron chi connectivity index (χ3n) is 3.97. The maximum atomic E-state index is 14.7. The molecule has 28 heavy (non-hydrogen) atoms. The molecule has 1 aliphatic carbocycles. The average molecular weight is 430 g/mol. The number of rotatable bonds is 10. The van der Waals surface area contributed by atoms with E-state index in [0.717, 1.165) is 12.8 Å². The van der Waals surface area contributed by atoms with Crippen LogP contribution in [-0.4, -0.2) is 18.2 Å². The molecule has 1 heterocycles. The van der Waals surface area contributed by atoms with E-state index < -0.39 is 28.3 Å². The van der Waals surface area contributed by atoms with Gasteiger partial charge in [-0.15, -0.1) is 23.1 Å². The van der Waals surface area contributed by atoms with Crippen molar-refractivity contribution < 1.29 is 22.7 Å². The number of hydrogen-bond acceptors (Lipinski definition) is 4. The first-order chi connectivity index (χ1) is 13.2. The number of allylic oxidation sites excluding steroid dienone is 3. The Hall–Kier alpha value is -1.93. The van der Waals surface area contributed by atoms with Crippen LogP contribution in [0, 0.1) is 11.7 Å². The van der Waals surface area contributed by atoms with Gasteiger partial charge >= 0.3 is 0 Å². The van der Waals surface area contributed by atoms with Gasteiger partial charge in [0.25, 0.3) is 11.8 Å². The Morgan fingerprint density at radius 1 is 1.43 bits per heavy atom. The van der Waals surface area contributed by atoms with E-state index in [0.29, 0.717) is 18.3 Å². The number of thiophene rings is 1. The first kappa shape index (κ1) is 22.4. The lowest BCUT2D eigenvalue weighted by atomic mass is 10.2. The summed E-state index contributed by atoms with van der Waals surface area (Å²) in [5, 5.41) is 4.65. The molecule has 0 radical (unpaired) electrons. The first-order valence-electron chi connectivity index (χ1n) is 8.56. The Balaban J connectivity index is 2.41. The standard InChI is InChI=1S/C20H22F3NO2S2/c1-5-7-13(6-2)26-16-15(21)18(20(3,22)23)28-17(16)19(25)24-14(10-11-27-4)12-8-9-12/h5-7,10-12,14H,1-2,8-9H2,3-4H3,(H,24,25)/b11-10+,13-7+. The Kier molecular flexibility index (Phi) is 7.60. The second-order valence-electron chi connectivity index (χ2n) is 6.30. The molecule has 8 heteroatoms. The van der Waals surface area contributed by atoms with Crippen molar-refractivity contribution >= 4 is 29.0 Å². The lowest BCUT2D eigenvalue weighted by molar-refractivity contribution is 0.0178. The largest absolute Gasteiger partial charge is 0.453 e. The number of alkyl halides is 2. The van der Waals surface area contributed by atoms with Crippen molar-refractivity contribution in [2.75, 3.05) is 6.26 Å². The zero-order chi connectivity index (χ0) is 20.9. The Bertz CT molecular complexity index is 805. The van der Waals surface area contributed by atoms with Crippen molar-refractivity contribution in [2.24, 2.45) is 5.92 Å². The molecule has 0 aliphatic heterocycles. The predicted octanol–water partition coefficient (Wildman–Crippen LogP) is 6.02. The summed E-state index contributed by atoms with van der Waals surface area (Å²) in [6, 6.07) is -0.244. The van der Waals surface area contributed by atoms with Crippen LogP contribution in [0.1, 0.15) is 34.3 Å². The molecular formula is C20H22F3NO2S2. The molecule has 1 N–H and O–H groups in total. The minimum atomic E-state index is -3.45. The van der Waals surface area contributed by atoms with Gasteiger partial charge in [-0.3, -0.25) is 4.79 Å². The van der Waals surface area contributed by atoms with E-state index in [1.807, 2.05) is 17.7 Å². The molecule has 1 atom stereocenters. The first-order valence-corrected chi connectivity index (χ1v) is 10.7. The van der Waals surface area contributed by atoms with Crippen LogP contribution >= 0.6 is 23.1 Å². The molecule has 1 saturated carbocycles. The van der Waals surface area contributed by atoms with Gasteiger partial charge in [-0.05, 0) is 42.6 Å². The van der Waals surface area contributed by atoms with Crippen LogP contribution in [0.2, 0.25) is 0 Å². The highest BCUT2D eigenvalue weighted by atomic mass is 32.2. The molecule has 152 valence electrons. The highest BCUT2D eigenvalue weighted by molar-refractivity contribution is 8.01. The van der Waals surface area contributed by atoms with Crippen molar-refractivity contribution in [2.45, 2.75) is 31.7 Å². The normalized spacial score (nSPS) is 16.1. The minimum absolute atomic E-state index is 0.0905. The summed E-state index contributed by atoms with van der Waals surface area (Å²) in [6.07, 6.45) is 9.72. The predicted molar refractivity (Wildman–Crippen MR) is 110 cm³/mol. The molecule has 0 bridgehead atoms. The number of thioether (sulfide) groups is 1. The van der Waals surface area contributed by atoms with Gasteiger partial charge in [-0.2, -0.15) is 0 Å². The molecule has 1 aromatic rings. The fraction of sp³-hybridized carbons (Fsp3) is 0.350. The third-order valence-corrected chi connectivity index (χ3v) is 5.71. The Labute approximate surface area is 171 Å². The van der Waals surface area contributed by atoms with E-state index in [9.17, 15) is 18.0 Å². The van der Waals surface area contributed by atoms with Crippen molar-refractivity contribution in [3.63, 3.8) is 0 Å². The highest BCUT2D eigenvalue weighted by Gasteiger charge is 2.38. The number of halogens is 3. The molecule has 3 nitrogen and oxygen atoms in total. The van der Waals surface area contributed by atoms with Crippen LogP contribution in [-0.2, 0) is 5.92 Å². The van der Waals surface area contributed by atoms with Crippen LogP contribution in [0.3, 0.4) is 0 Å². The maximum absolute atomic E-state index is 14.7. The summed E-state index contributed by atoms with van der Waals surface area (Å²) in [4.78, 5) is 11.7. The number of carbonyl (C=O) groups excluding carboxylic acids is 1. The van der Waals surface area contributed by atoms with Crippen molar-refractivity contribution in [1.82, 2.24) is 5.32 Å². The van der Waals surface area contributed by atoms with Gasteiger partial charge in [-0.1, -0.05) is 25.3 Å². The van der Waals surface area contributed by atoms with Crippen LogP contribution < -0.4 is 10.1 Å². The molecule has 1 aliphatic rings. The third kappa shape index (κ3) is 5.54. The van der Waals surface area contributed by atoms with Crippen LogP contribution in [0.5, 0.6) is 5.75 Å². The number of amides is 1. The molecule has 1 unspecified atom stereocenters. The van der Waals surface area contributed by atoms with Gasteiger partial charge < -0.3 is 10.1 Å². The molecular weight excluding hydrogens is 407 g/mol. The van der Waals surface area contributed by atoms with E-state index in [-0.39, 0.29) is 22.6 Å². The van der Waals surface area contributed by atoms with Crippen LogP contribution in [0.15, 0.2) is 48.6 Å². The van der Waals surface area contributed by atoms with Gasteiger partial charge in [-0.25, -0.2) is 13.2 Å². The fourth-order valence-electron chi connectivity index (χ4n) is 2.46. The van der Waals surface area contributed by atoms with Crippen LogP contribution in [0.25, 0.3) is 0 Å². The summed E-state index contributed by atoms with van der Waals surface area (Å²) in [5.41, 5.74) is 0. The molecule has 1 fully saturated rings. The average Bonchev–Trinajstić information content (AvgIpc) is 3.42. The number of hydrogen-bond donors (Lipinski definition) is 1. The van der Waals surface area contributed by atoms with E-state index in [4.69, 9.17) is 4.74 Å². The quantitative estimate of drug-likeness (QED) is 0.365. The van der Waals surface area contributed by atoms with E-state index in [1.165, 1.54) is 30.0 Å². The van der Waals surface area contributed by atoms with Gasteiger partial charge in [0.2, 0.25) is 0 Å². The Morgan fingerprint density at radius 3 is 2.61 bits per heavy atom. The van der Waals surface area contributed by atoms with E-state index in [2.05, 4.69) is 18.5 Å². The summed E-state index contributed by atoms with van der Waals surface area (Å²) >= 11 is 1.88. The van der Waals surface area contributed by atoms with Gasteiger partial charge in [0.05, 0.1) is 6.04 Å². The molecule has 0 aromatic carbocycles. The van der Waals surface area contributed by atoms with Gasteiger partial charge in [0.15, 0.2) is 11.6 Å². The van der Waals surface area contributed by atoms with Crippen molar-refractivity contribution in [3.05, 3.63) is 64.2 Å². The topological polar surface area (TPSA) is 38.3 Å². The second-order valence-corrected chi connectivity index (χ2v) is 8.07. The van der Waals surface area contributed by atoms with Gasteiger partial charge in [0, 0.05) is 6.92 Å². The van der Waals surface area contributed by atoms with E-state index in [1.54, 1.807) is 0 Å². The lowest BCUT2D eigenvalue weighted by Crippen LogP contribution is -2.34. The van der Waals surface area contributed by atoms with Crippen molar-refractivity contribution in [3.8, 4) is 5.75 Å². The van der Waals surface area contributed by atoms with Gasteiger partial charge in [0.1, 0.15) is 15.5 Å². The lowest BCUT2D eigenvalue weighted by Gasteiger charge is -2.14. The molecule has 0 spiro atoms. The second kappa shape index (κ2) is 9.52. The summed E-state index contributed by atoms with van der Waals surface area (Å²) in [5.74, 6) is -5.50. The smallest absolute Gasteiger partial charge is 0.282 e. The molecule has 0 saturated heterocycles. The monoisotopic (exact) mass is 429 g/mol. The molecule has 2 rings (SSSR count). The zero-order valence-corrected chi connectivity index (χ0v) is 17.3. The van der Waals surface area contributed by atoms with Crippen LogP contribution in [0.4, 0.5) is 13.2 Å². The van der Waals surface area contributed by atoms with Crippen molar-refractivity contribution in [1.29, 1.82) is 0 Å². The number of carbonyl (C=O) groups is 1. The Morgan fingerprint density at radius 2 is 2.11 bits per heavy atom. The maximum Gasteiger partial charge on any atom is 0.282 e. The summed E-state index contributed by atoms with van der Waals surface area (Å²) < 4.78 is 47.8. The minimum Gasteiger partial charge on any atom is -0.453 e. The highest BCUT2D eigenvalue weighted by Crippen LogP contribution is 2.43. The summed E-state index contributed by atoms with van der Waals surface area (Å²) in [6.45, 7) is 7.61.